The molecule has 4 rings (SSSR count). The minimum absolute atomic E-state index is 0.0208. The minimum atomic E-state index is -1.37. The van der Waals surface area contributed by atoms with Gasteiger partial charge in [0.25, 0.3) is 0 Å². The van der Waals surface area contributed by atoms with Crippen LogP contribution in [0, 0.1) is 17.6 Å². The maximum atomic E-state index is 14.1. The Labute approximate surface area is 224 Å². The van der Waals surface area contributed by atoms with E-state index in [0.29, 0.717) is 21.7 Å². The van der Waals surface area contributed by atoms with Crippen LogP contribution in [0.1, 0.15) is 27.4 Å². The summed E-state index contributed by atoms with van der Waals surface area (Å²) in [5.74, 6) is -4.19. The van der Waals surface area contributed by atoms with Crippen LogP contribution < -0.4 is 11.1 Å². The third kappa shape index (κ3) is 5.23. The van der Waals surface area contributed by atoms with Crippen molar-refractivity contribution >= 4 is 81.1 Å². The number of carbonyl (C=O) groups is 2. The van der Waals surface area contributed by atoms with E-state index in [1.807, 2.05) is 0 Å². The number of alkyl halides is 2. The zero-order valence-corrected chi connectivity index (χ0v) is 21.3. The van der Waals surface area contributed by atoms with Crippen molar-refractivity contribution in [2.45, 2.75) is 16.7 Å². The van der Waals surface area contributed by atoms with Crippen molar-refractivity contribution in [3.05, 3.63) is 91.9 Å². The van der Waals surface area contributed by atoms with Crippen molar-refractivity contribution in [2.75, 3.05) is 11.1 Å². The van der Waals surface area contributed by atoms with Crippen molar-refractivity contribution in [3.8, 4) is 0 Å². The Balaban J connectivity index is 1.52. The second-order valence-electron chi connectivity index (χ2n) is 8.04. The molecule has 3 N–H and O–H groups in total. The number of halogens is 7. The molecule has 3 aromatic rings. The van der Waals surface area contributed by atoms with E-state index >= 15 is 0 Å². The van der Waals surface area contributed by atoms with Crippen molar-refractivity contribution in [3.63, 3.8) is 0 Å². The molecule has 0 aromatic heterocycles. The molecule has 3 aromatic carbocycles. The van der Waals surface area contributed by atoms with Crippen molar-refractivity contribution in [2.24, 2.45) is 5.92 Å². The van der Waals surface area contributed by atoms with Gasteiger partial charge in [0.15, 0.2) is 5.78 Å². The molecule has 0 bridgehead atoms. The van der Waals surface area contributed by atoms with Gasteiger partial charge in [0.1, 0.15) is 16.0 Å². The number of benzene rings is 3. The molecule has 4 nitrogen and oxygen atoms in total. The molecule has 1 aliphatic carbocycles. The summed E-state index contributed by atoms with van der Waals surface area (Å²) in [5, 5.41) is 3.42. The lowest BCUT2D eigenvalue weighted by molar-refractivity contribution is -0.117. The van der Waals surface area contributed by atoms with E-state index in [2.05, 4.69) is 5.32 Å². The normalized spacial score (nSPS) is 18.3. The fourth-order valence-corrected chi connectivity index (χ4v) is 5.23. The topological polar surface area (TPSA) is 72.2 Å². The first-order valence-corrected chi connectivity index (χ1v) is 12.0. The Bertz CT molecular complexity index is 1340. The molecule has 1 saturated carbocycles. The maximum Gasteiger partial charge on any atom is 0.231 e. The molecule has 1 fully saturated rings. The van der Waals surface area contributed by atoms with Crippen molar-refractivity contribution in [1.29, 1.82) is 0 Å². The van der Waals surface area contributed by atoms with Crippen molar-refractivity contribution in [1.82, 2.24) is 0 Å². The Morgan fingerprint density at radius 2 is 1.63 bits per heavy atom. The molecule has 2 atom stereocenters. The lowest BCUT2D eigenvalue weighted by Gasteiger charge is -2.11. The number of rotatable bonds is 6. The Morgan fingerprint density at radius 1 is 0.943 bits per heavy atom. The molecule has 11 heteroatoms. The molecule has 0 saturated heterocycles. The number of nitrogens with one attached hydrogen (secondary N) is 1. The SMILES string of the molecule is Nc1cc(F)cc(F)c1CC(=O)c1cc(NC(=O)[C@H]2[C@H](c3ccc(Cl)c(Cl)c3)C2(Cl)Cl)ccc1Cl. The van der Waals surface area contributed by atoms with Gasteiger partial charge in [-0.15, -0.1) is 23.2 Å². The molecule has 0 heterocycles. The van der Waals surface area contributed by atoms with E-state index in [9.17, 15) is 18.4 Å². The van der Waals surface area contributed by atoms with Gasteiger partial charge in [-0.1, -0.05) is 40.9 Å². The number of hydrogen-bond acceptors (Lipinski definition) is 3. The van der Waals surface area contributed by atoms with Crippen LogP contribution in [0.5, 0.6) is 0 Å². The lowest BCUT2D eigenvalue weighted by Crippen LogP contribution is -2.17. The zero-order chi connectivity index (χ0) is 25.7. The van der Waals surface area contributed by atoms with Gasteiger partial charge in [-0.25, -0.2) is 8.78 Å². The highest BCUT2D eigenvalue weighted by Gasteiger charge is 2.67. The van der Waals surface area contributed by atoms with Crippen LogP contribution in [0.3, 0.4) is 0 Å². The van der Waals surface area contributed by atoms with Gasteiger partial charge in [-0.2, -0.15) is 0 Å². The van der Waals surface area contributed by atoms with E-state index in [1.165, 1.54) is 18.2 Å². The number of carbonyl (C=O) groups excluding carboxylic acids is 2. The van der Waals surface area contributed by atoms with Gasteiger partial charge < -0.3 is 11.1 Å². The molecule has 35 heavy (non-hydrogen) atoms. The largest absolute Gasteiger partial charge is 0.398 e. The first kappa shape index (κ1) is 26.0. The average Bonchev–Trinajstić information content (AvgIpc) is 3.35. The summed E-state index contributed by atoms with van der Waals surface area (Å²) in [6.45, 7) is 0. The standard InChI is InChI=1S/C24H15Cl5F2N2O2/c25-15-4-2-12(8-13(15)20(34)9-14-18(31)6-11(30)7-19(14)32)33-23(35)22-21(24(22,28)29)10-1-3-16(26)17(27)5-10/h1-8,21-22H,9,32H2,(H,33,35)/t21-,22+/m0/s1. The number of hydrogen-bond donors (Lipinski definition) is 2. The van der Waals surface area contributed by atoms with E-state index in [-0.39, 0.29) is 27.5 Å². The van der Waals surface area contributed by atoms with Crippen LogP contribution in [0.25, 0.3) is 0 Å². The highest BCUT2D eigenvalue weighted by molar-refractivity contribution is 6.53. The number of nitrogens with two attached hydrogens (primary N) is 1. The van der Waals surface area contributed by atoms with Gasteiger partial charge >= 0.3 is 0 Å². The Morgan fingerprint density at radius 3 is 2.29 bits per heavy atom. The maximum absolute atomic E-state index is 14.1. The number of nitrogen functional groups attached to an aromatic ring is 1. The molecule has 1 aliphatic rings. The van der Waals surface area contributed by atoms with Gasteiger partial charge in [-0.05, 0) is 42.0 Å². The second kappa shape index (κ2) is 9.75. The predicted molar refractivity (Wildman–Crippen MR) is 136 cm³/mol. The van der Waals surface area contributed by atoms with E-state index in [0.717, 1.165) is 6.07 Å². The summed E-state index contributed by atoms with van der Waals surface area (Å²) < 4.78 is 26.1. The highest BCUT2D eigenvalue weighted by atomic mass is 35.5. The van der Waals surface area contributed by atoms with Crippen LogP contribution in [0.2, 0.25) is 15.1 Å². The average molecular weight is 579 g/mol. The molecule has 0 spiro atoms. The van der Waals surface area contributed by atoms with Gasteiger partial charge in [0.2, 0.25) is 5.91 Å². The zero-order valence-electron chi connectivity index (χ0n) is 17.5. The Kier molecular flexibility index (Phi) is 7.24. The smallest absolute Gasteiger partial charge is 0.231 e. The summed E-state index contributed by atoms with van der Waals surface area (Å²) in [6.07, 6.45) is -0.455. The molecule has 0 unspecified atom stereocenters. The van der Waals surface area contributed by atoms with E-state index in [4.69, 9.17) is 63.7 Å². The first-order valence-electron chi connectivity index (χ1n) is 10.1. The summed E-state index contributed by atoms with van der Waals surface area (Å²) in [5.41, 5.74) is 6.23. The molecular formula is C24H15Cl5F2N2O2. The second-order valence-corrected chi connectivity index (χ2v) is 10.7. The molecule has 1 amide bonds. The third-order valence-corrected chi connectivity index (χ3v) is 7.71. The van der Waals surface area contributed by atoms with Gasteiger partial charge in [-0.3, -0.25) is 9.59 Å². The van der Waals surface area contributed by atoms with Gasteiger partial charge in [0, 0.05) is 40.9 Å². The lowest BCUT2D eigenvalue weighted by atomic mass is 10.0. The number of anilines is 2. The van der Waals surface area contributed by atoms with E-state index in [1.54, 1.807) is 18.2 Å². The fraction of sp³-hybridized carbons (Fsp3) is 0.167. The first-order chi connectivity index (χ1) is 16.4. The number of ketones is 1. The number of Topliss-reactive ketones (excluding diaryl/α,β-unsaturated/α-hetero) is 1. The highest BCUT2D eigenvalue weighted by Crippen LogP contribution is 2.65. The quantitative estimate of drug-likeness (QED) is 0.181. The van der Waals surface area contributed by atoms with E-state index < -0.39 is 45.9 Å². The third-order valence-electron chi connectivity index (χ3n) is 5.71. The summed E-state index contributed by atoms with van der Waals surface area (Å²) in [4.78, 5) is 25.8. The van der Waals surface area contributed by atoms with Crippen LogP contribution in [0.15, 0.2) is 48.5 Å². The summed E-state index contributed by atoms with van der Waals surface area (Å²) in [7, 11) is 0. The number of amides is 1. The fourth-order valence-electron chi connectivity index (χ4n) is 3.88. The molecular weight excluding hydrogens is 564 g/mol. The van der Waals surface area contributed by atoms with Crippen molar-refractivity contribution < 1.29 is 18.4 Å². The van der Waals surface area contributed by atoms with Crippen LogP contribution >= 0.6 is 58.0 Å². The summed E-state index contributed by atoms with van der Waals surface area (Å²) >= 11 is 30.9. The Hall–Kier alpha value is -2.09. The predicted octanol–water partition coefficient (Wildman–Crippen LogP) is 7.46. The molecule has 182 valence electrons. The molecule has 0 radical (unpaired) electrons. The monoisotopic (exact) mass is 576 g/mol. The van der Waals surface area contributed by atoms with Crippen LogP contribution in [-0.2, 0) is 11.2 Å². The summed E-state index contributed by atoms with van der Waals surface area (Å²) in [6, 6.07) is 10.7. The van der Waals surface area contributed by atoms with Crippen LogP contribution in [0.4, 0.5) is 20.2 Å². The molecule has 0 aliphatic heterocycles. The van der Waals surface area contributed by atoms with Crippen LogP contribution in [-0.4, -0.2) is 16.0 Å². The van der Waals surface area contributed by atoms with Gasteiger partial charge in [0.05, 0.1) is 21.0 Å². The minimum Gasteiger partial charge on any atom is -0.398 e.